The Bertz CT molecular complexity index is 503. The highest BCUT2D eigenvalue weighted by molar-refractivity contribution is 5.97. The van der Waals surface area contributed by atoms with Crippen molar-refractivity contribution < 1.29 is 4.74 Å². The van der Waals surface area contributed by atoms with Crippen LogP contribution < -0.4 is 10.5 Å². The fourth-order valence-corrected chi connectivity index (χ4v) is 3.05. The SMILES string of the molecule is COc1cc(CN(C)CC2CCN(C)C2)ccc1C(=N)N. The summed E-state index contributed by atoms with van der Waals surface area (Å²) in [6.45, 7) is 4.40. The van der Waals surface area contributed by atoms with Gasteiger partial charge in [0.25, 0.3) is 0 Å². The van der Waals surface area contributed by atoms with Crippen LogP contribution in [0.3, 0.4) is 0 Å². The molecule has 0 radical (unpaired) electrons. The zero-order valence-electron chi connectivity index (χ0n) is 13.2. The lowest BCUT2D eigenvalue weighted by Gasteiger charge is -2.21. The number of nitrogens with two attached hydrogens (primary N) is 1. The van der Waals surface area contributed by atoms with Gasteiger partial charge in [0.2, 0.25) is 0 Å². The van der Waals surface area contributed by atoms with E-state index in [-0.39, 0.29) is 5.84 Å². The molecule has 0 bridgehead atoms. The highest BCUT2D eigenvalue weighted by Gasteiger charge is 2.20. The van der Waals surface area contributed by atoms with E-state index in [9.17, 15) is 0 Å². The molecule has 0 saturated carbocycles. The molecule has 0 aromatic heterocycles. The molecule has 2 rings (SSSR count). The number of rotatable bonds is 6. The van der Waals surface area contributed by atoms with Crippen LogP contribution in [0.4, 0.5) is 0 Å². The third kappa shape index (κ3) is 4.19. The maximum absolute atomic E-state index is 7.54. The highest BCUT2D eigenvalue weighted by atomic mass is 16.5. The normalized spacial score (nSPS) is 19.1. The fraction of sp³-hybridized carbons (Fsp3) is 0.562. The van der Waals surface area contributed by atoms with Gasteiger partial charge in [0, 0.05) is 19.6 Å². The van der Waals surface area contributed by atoms with Gasteiger partial charge < -0.3 is 20.3 Å². The Labute approximate surface area is 127 Å². The van der Waals surface area contributed by atoms with E-state index in [2.05, 4.69) is 23.9 Å². The van der Waals surface area contributed by atoms with Gasteiger partial charge in [-0.1, -0.05) is 6.07 Å². The maximum atomic E-state index is 7.54. The molecule has 116 valence electrons. The Morgan fingerprint density at radius 1 is 1.52 bits per heavy atom. The molecule has 5 nitrogen and oxygen atoms in total. The summed E-state index contributed by atoms with van der Waals surface area (Å²) in [6.07, 6.45) is 1.29. The maximum Gasteiger partial charge on any atom is 0.130 e. The van der Waals surface area contributed by atoms with Gasteiger partial charge in [0.1, 0.15) is 11.6 Å². The summed E-state index contributed by atoms with van der Waals surface area (Å²) in [5.41, 5.74) is 7.39. The molecule has 21 heavy (non-hydrogen) atoms. The average molecular weight is 290 g/mol. The van der Waals surface area contributed by atoms with Crippen molar-refractivity contribution in [3.05, 3.63) is 29.3 Å². The largest absolute Gasteiger partial charge is 0.496 e. The van der Waals surface area contributed by atoms with E-state index >= 15 is 0 Å². The van der Waals surface area contributed by atoms with E-state index < -0.39 is 0 Å². The number of benzene rings is 1. The van der Waals surface area contributed by atoms with Gasteiger partial charge >= 0.3 is 0 Å². The molecule has 0 amide bonds. The molecule has 1 aromatic carbocycles. The molecular formula is C16H26N4O. The Balaban J connectivity index is 1.97. The van der Waals surface area contributed by atoms with Gasteiger partial charge in [0.15, 0.2) is 0 Å². The van der Waals surface area contributed by atoms with Gasteiger partial charge in [-0.15, -0.1) is 0 Å². The zero-order valence-corrected chi connectivity index (χ0v) is 13.2. The Morgan fingerprint density at radius 3 is 2.86 bits per heavy atom. The average Bonchev–Trinajstić information content (AvgIpc) is 2.83. The van der Waals surface area contributed by atoms with E-state index in [1.54, 1.807) is 7.11 Å². The van der Waals surface area contributed by atoms with E-state index in [4.69, 9.17) is 15.9 Å². The van der Waals surface area contributed by atoms with Crippen LogP contribution in [-0.2, 0) is 6.54 Å². The van der Waals surface area contributed by atoms with Crippen LogP contribution in [0, 0.1) is 11.3 Å². The molecule has 1 aromatic rings. The lowest BCUT2D eigenvalue weighted by molar-refractivity contribution is 0.267. The third-order valence-corrected chi connectivity index (χ3v) is 4.07. The van der Waals surface area contributed by atoms with Crippen LogP contribution in [0.25, 0.3) is 0 Å². The molecule has 3 N–H and O–H groups in total. The topological polar surface area (TPSA) is 65.6 Å². The molecule has 1 fully saturated rings. The summed E-state index contributed by atoms with van der Waals surface area (Å²) in [6, 6.07) is 5.87. The van der Waals surface area contributed by atoms with Crippen molar-refractivity contribution in [2.45, 2.75) is 13.0 Å². The lowest BCUT2D eigenvalue weighted by atomic mass is 10.1. The second-order valence-corrected chi connectivity index (χ2v) is 6.06. The van der Waals surface area contributed by atoms with Crippen molar-refractivity contribution in [3.63, 3.8) is 0 Å². The Hall–Kier alpha value is -1.59. The Kier molecular flexibility index (Phi) is 5.20. The first-order valence-electron chi connectivity index (χ1n) is 7.38. The zero-order chi connectivity index (χ0) is 15.4. The van der Waals surface area contributed by atoms with Crippen LogP contribution in [-0.4, -0.2) is 56.5 Å². The van der Waals surface area contributed by atoms with Crippen LogP contribution >= 0.6 is 0 Å². The molecule has 1 heterocycles. The van der Waals surface area contributed by atoms with E-state index in [0.29, 0.717) is 11.3 Å². The van der Waals surface area contributed by atoms with E-state index in [0.717, 1.165) is 19.0 Å². The van der Waals surface area contributed by atoms with Crippen molar-refractivity contribution in [2.75, 3.05) is 40.8 Å². The predicted molar refractivity (Wildman–Crippen MR) is 85.9 cm³/mol. The van der Waals surface area contributed by atoms with Gasteiger partial charge in [-0.3, -0.25) is 5.41 Å². The smallest absolute Gasteiger partial charge is 0.130 e. The first kappa shape index (κ1) is 15.8. The number of likely N-dealkylation sites (tertiary alicyclic amines) is 1. The molecule has 5 heteroatoms. The summed E-state index contributed by atoms with van der Waals surface area (Å²) < 4.78 is 5.33. The fourth-order valence-electron chi connectivity index (χ4n) is 3.05. The van der Waals surface area contributed by atoms with Crippen LogP contribution in [0.15, 0.2) is 18.2 Å². The number of nitrogens with zero attached hydrogens (tertiary/aromatic N) is 2. The van der Waals surface area contributed by atoms with Crippen molar-refractivity contribution in [3.8, 4) is 5.75 Å². The van der Waals surface area contributed by atoms with Crippen molar-refractivity contribution in [1.82, 2.24) is 9.80 Å². The van der Waals surface area contributed by atoms with Crippen molar-refractivity contribution in [1.29, 1.82) is 5.41 Å². The summed E-state index contributed by atoms with van der Waals surface area (Å²) in [7, 11) is 5.96. The van der Waals surface area contributed by atoms with Crippen LogP contribution in [0.1, 0.15) is 17.5 Å². The predicted octanol–water partition coefficient (Wildman–Crippen LogP) is 1.36. The van der Waals surface area contributed by atoms with Gasteiger partial charge in [-0.25, -0.2) is 0 Å². The molecule has 1 aliphatic rings. The second kappa shape index (κ2) is 6.91. The van der Waals surface area contributed by atoms with Gasteiger partial charge in [-0.05, 0) is 50.7 Å². The molecular weight excluding hydrogens is 264 g/mol. The molecule has 1 aliphatic heterocycles. The number of ether oxygens (including phenoxy) is 1. The number of nitrogens with one attached hydrogen (secondary N) is 1. The Morgan fingerprint density at radius 2 is 2.29 bits per heavy atom. The first-order chi connectivity index (χ1) is 9.99. The van der Waals surface area contributed by atoms with E-state index in [1.165, 1.54) is 25.1 Å². The van der Waals surface area contributed by atoms with Crippen LogP contribution in [0.5, 0.6) is 5.75 Å². The summed E-state index contributed by atoms with van der Waals surface area (Å²) >= 11 is 0. The van der Waals surface area contributed by atoms with Crippen molar-refractivity contribution in [2.24, 2.45) is 11.7 Å². The molecule has 1 saturated heterocycles. The molecule has 1 unspecified atom stereocenters. The minimum Gasteiger partial charge on any atom is -0.496 e. The van der Waals surface area contributed by atoms with Gasteiger partial charge in [-0.2, -0.15) is 0 Å². The standard InChI is InChI=1S/C16H26N4O/c1-19-7-6-13(10-19)11-20(2)9-12-4-5-14(16(17)18)15(8-12)21-3/h4-5,8,13H,6-7,9-11H2,1-3H3,(H3,17,18). The summed E-state index contributed by atoms with van der Waals surface area (Å²) in [4.78, 5) is 4.75. The number of amidine groups is 1. The van der Waals surface area contributed by atoms with Crippen LogP contribution in [0.2, 0.25) is 0 Å². The number of nitrogen functional groups attached to an aromatic ring is 1. The first-order valence-corrected chi connectivity index (χ1v) is 7.38. The summed E-state index contributed by atoms with van der Waals surface area (Å²) in [5, 5.41) is 7.54. The minimum atomic E-state index is 0.0424. The van der Waals surface area contributed by atoms with Crippen molar-refractivity contribution >= 4 is 5.84 Å². The minimum absolute atomic E-state index is 0.0424. The highest BCUT2D eigenvalue weighted by Crippen LogP contribution is 2.21. The molecule has 0 spiro atoms. The number of methoxy groups -OCH3 is 1. The molecule has 0 aliphatic carbocycles. The summed E-state index contributed by atoms with van der Waals surface area (Å²) in [5.74, 6) is 1.48. The number of hydrogen-bond donors (Lipinski definition) is 2. The van der Waals surface area contributed by atoms with Gasteiger partial charge in [0.05, 0.1) is 12.7 Å². The number of hydrogen-bond acceptors (Lipinski definition) is 4. The lowest BCUT2D eigenvalue weighted by Crippen LogP contribution is -2.27. The monoisotopic (exact) mass is 290 g/mol. The van der Waals surface area contributed by atoms with E-state index in [1.807, 2.05) is 18.2 Å². The third-order valence-electron chi connectivity index (χ3n) is 4.07. The quantitative estimate of drug-likeness (QED) is 0.613. The second-order valence-electron chi connectivity index (χ2n) is 6.06. The molecule has 1 atom stereocenters.